The number of ether oxygens (including phenoxy) is 1. The first-order valence-electron chi connectivity index (χ1n) is 5.54. The second-order valence-corrected chi connectivity index (χ2v) is 5.17. The van der Waals surface area contributed by atoms with Crippen LogP contribution in [0.25, 0.3) is 0 Å². The molecule has 2 heterocycles. The molecular weight excluding hydrogens is 325 g/mol. The van der Waals surface area contributed by atoms with Gasteiger partial charge in [-0.25, -0.2) is 9.78 Å². The maximum Gasteiger partial charge on any atom is 0.396 e. The van der Waals surface area contributed by atoms with Crippen molar-refractivity contribution in [1.82, 2.24) is 15.2 Å². The zero-order valence-electron chi connectivity index (χ0n) is 10.3. The van der Waals surface area contributed by atoms with Gasteiger partial charge in [0.2, 0.25) is 0 Å². The lowest BCUT2D eigenvalue weighted by atomic mass is 10.4. The van der Waals surface area contributed by atoms with Crippen LogP contribution in [-0.4, -0.2) is 27.8 Å². The summed E-state index contributed by atoms with van der Waals surface area (Å²) in [7, 11) is 0. The molecule has 0 saturated heterocycles. The maximum absolute atomic E-state index is 11.4. The fourth-order valence-electron chi connectivity index (χ4n) is 1.23. The van der Waals surface area contributed by atoms with Crippen LogP contribution in [0.15, 0.2) is 21.8 Å². The number of rotatable bonds is 5. The molecule has 0 N–H and O–H groups in total. The summed E-state index contributed by atoms with van der Waals surface area (Å²) in [6.45, 7) is 1.93. The highest BCUT2D eigenvalue weighted by Crippen LogP contribution is 2.25. The average Bonchev–Trinajstić information content (AvgIpc) is 2.89. The summed E-state index contributed by atoms with van der Waals surface area (Å²) in [5, 5.41) is 8.39. The van der Waals surface area contributed by atoms with Crippen molar-refractivity contribution >= 4 is 40.9 Å². The fourth-order valence-corrected chi connectivity index (χ4v) is 2.37. The van der Waals surface area contributed by atoms with Crippen LogP contribution < -0.4 is 0 Å². The third kappa shape index (κ3) is 3.84. The highest BCUT2D eigenvalue weighted by molar-refractivity contribution is 7.98. The SMILES string of the molecule is CCOC(=O)c1nnc(SCc2nc(Cl)ccc2Cl)o1. The van der Waals surface area contributed by atoms with Gasteiger partial charge in [0.1, 0.15) is 5.15 Å². The molecule has 0 unspecified atom stereocenters. The molecule has 0 aromatic carbocycles. The van der Waals surface area contributed by atoms with Crippen molar-refractivity contribution in [2.75, 3.05) is 6.61 Å². The maximum atomic E-state index is 11.4. The van der Waals surface area contributed by atoms with E-state index in [1.165, 1.54) is 11.8 Å². The van der Waals surface area contributed by atoms with E-state index < -0.39 is 5.97 Å². The minimum Gasteiger partial charge on any atom is -0.459 e. The van der Waals surface area contributed by atoms with Crippen LogP contribution in [0.3, 0.4) is 0 Å². The smallest absolute Gasteiger partial charge is 0.396 e. The number of hydrogen-bond acceptors (Lipinski definition) is 7. The number of halogens is 2. The third-order valence-corrected chi connectivity index (χ3v) is 3.46. The van der Waals surface area contributed by atoms with Gasteiger partial charge >= 0.3 is 11.9 Å². The summed E-state index contributed by atoms with van der Waals surface area (Å²) in [4.78, 5) is 15.4. The summed E-state index contributed by atoms with van der Waals surface area (Å²) in [5.41, 5.74) is 0.597. The number of aromatic nitrogens is 3. The molecule has 0 aliphatic carbocycles. The Hall–Kier alpha value is -1.31. The van der Waals surface area contributed by atoms with E-state index in [0.717, 1.165) is 0 Å². The van der Waals surface area contributed by atoms with Crippen molar-refractivity contribution in [3.8, 4) is 0 Å². The lowest BCUT2D eigenvalue weighted by Crippen LogP contribution is -2.04. The first kappa shape index (κ1) is 15.1. The summed E-state index contributed by atoms with van der Waals surface area (Å²) < 4.78 is 9.90. The van der Waals surface area contributed by atoms with Crippen LogP contribution in [0.2, 0.25) is 10.2 Å². The van der Waals surface area contributed by atoms with Gasteiger partial charge in [-0.2, -0.15) is 0 Å². The molecule has 0 saturated carbocycles. The van der Waals surface area contributed by atoms with Crippen molar-refractivity contribution < 1.29 is 13.9 Å². The van der Waals surface area contributed by atoms with Crippen molar-refractivity contribution in [2.24, 2.45) is 0 Å². The van der Waals surface area contributed by atoms with Crippen LogP contribution in [0.1, 0.15) is 23.3 Å². The van der Waals surface area contributed by atoms with Gasteiger partial charge in [0.15, 0.2) is 0 Å². The second kappa shape index (κ2) is 6.92. The number of carbonyl (C=O) groups excluding carboxylic acids is 1. The molecule has 9 heteroatoms. The third-order valence-electron chi connectivity index (χ3n) is 2.07. The molecular formula is C11H9Cl2N3O3S. The van der Waals surface area contributed by atoms with Gasteiger partial charge < -0.3 is 9.15 Å². The Morgan fingerprint density at radius 2 is 2.20 bits per heavy atom. The van der Waals surface area contributed by atoms with E-state index in [2.05, 4.69) is 15.2 Å². The molecule has 0 aliphatic heterocycles. The van der Waals surface area contributed by atoms with Gasteiger partial charge in [0.25, 0.3) is 5.22 Å². The summed E-state index contributed by atoms with van der Waals surface area (Å²) in [6, 6.07) is 3.26. The number of hydrogen-bond donors (Lipinski definition) is 0. The Bertz CT molecular complexity index is 621. The van der Waals surface area contributed by atoms with Gasteiger partial charge in [-0.1, -0.05) is 40.1 Å². The van der Waals surface area contributed by atoms with E-state index in [0.29, 0.717) is 21.6 Å². The summed E-state index contributed by atoms with van der Waals surface area (Å²) in [6.07, 6.45) is 0. The van der Waals surface area contributed by atoms with E-state index in [4.69, 9.17) is 32.4 Å². The Morgan fingerprint density at radius 3 is 2.95 bits per heavy atom. The number of pyridine rings is 1. The van der Waals surface area contributed by atoms with Crippen molar-refractivity contribution in [3.05, 3.63) is 33.9 Å². The number of thioether (sulfide) groups is 1. The molecule has 6 nitrogen and oxygen atoms in total. The van der Waals surface area contributed by atoms with Crippen LogP contribution >= 0.6 is 35.0 Å². The van der Waals surface area contributed by atoms with Crippen LogP contribution in [0.4, 0.5) is 0 Å². The quantitative estimate of drug-likeness (QED) is 0.472. The lowest BCUT2D eigenvalue weighted by molar-refractivity contribution is 0.0475. The van der Waals surface area contributed by atoms with Crippen LogP contribution in [0.5, 0.6) is 0 Å². The van der Waals surface area contributed by atoms with E-state index >= 15 is 0 Å². The van der Waals surface area contributed by atoms with E-state index in [1.54, 1.807) is 19.1 Å². The van der Waals surface area contributed by atoms with Gasteiger partial charge in [0, 0.05) is 5.75 Å². The molecule has 2 aromatic heterocycles. The normalized spacial score (nSPS) is 10.6. The van der Waals surface area contributed by atoms with Gasteiger partial charge in [-0.05, 0) is 19.1 Å². The molecule has 0 atom stereocenters. The Morgan fingerprint density at radius 1 is 1.40 bits per heavy atom. The molecule has 0 fully saturated rings. The molecule has 2 rings (SSSR count). The summed E-state index contributed by atoms with van der Waals surface area (Å²) >= 11 is 13.0. The van der Waals surface area contributed by atoms with E-state index in [1.807, 2.05) is 0 Å². The van der Waals surface area contributed by atoms with Crippen LogP contribution in [-0.2, 0) is 10.5 Å². The van der Waals surface area contributed by atoms with Crippen molar-refractivity contribution in [2.45, 2.75) is 17.9 Å². The molecule has 106 valence electrons. The largest absolute Gasteiger partial charge is 0.459 e. The molecule has 0 spiro atoms. The fraction of sp³-hybridized carbons (Fsp3) is 0.273. The van der Waals surface area contributed by atoms with Crippen LogP contribution in [0, 0.1) is 0 Å². The highest BCUT2D eigenvalue weighted by Gasteiger charge is 2.16. The first-order chi connectivity index (χ1) is 9.60. The molecule has 0 aliphatic rings. The van der Waals surface area contributed by atoms with Gasteiger partial charge in [-0.15, -0.1) is 5.10 Å². The predicted molar refractivity (Wildman–Crippen MR) is 74.1 cm³/mol. The zero-order chi connectivity index (χ0) is 14.5. The minimum atomic E-state index is -0.647. The van der Waals surface area contributed by atoms with E-state index in [-0.39, 0.29) is 17.7 Å². The van der Waals surface area contributed by atoms with Gasteiger partial charge in [-0.3, -0.25) is 0 Å². The molecule has 0 amide bonds. The van der Waals surface area contributed by atoms with Crippen molar-refractivity contribution in [1.29, 1.82) is 0 Å². The number of carbonyl (C=O) groups is 1. The minimum absolute atomic E-state index is 0.181. The zero-order valence-corrected chi connectivity index (χ0v) is 12.6. The number of esters is 1. The second-order valence-electron chi connectivity index (χ2n) is 3.44. The predicted octanol–water partition coefficient (Wildman–Crippen LogP) is 3.24. The number of nitrogens with zero attached hydrogens (tertiary/aromatic N) is 3. The molecule has 0 radical (unpaired) electrons. The lowest BCUT2D eigenvalue weighted by Gasteiger charge is -2.01. The first-order valence-corrected chi connectivity index (χ1v) is 7.28. The highest BCUT2D eigenvalue weighted by atomic mass is 35.5. The van der Waals surface area contributed by atoms with Gasteiger partial charge in [0.05, 0.1) is 17.3 Å². The Labute approximate surface area is 128 Å². The monoisotopic (exact) mass is 333 g/mol. The molecule has 20 heavy (non-hydrogen) atoms. The topological polar surface area (TPSA) is 78.1 Å². The summed E-state index contributed by atoms with van der Waals surface area (Å²) in [5.74, 6) is -0.436. The average molecular weight is 334 g/mol. The standard InChI is InChI=1S/C11H9Cl2N3O3S/c1-2-18-10(17)9-15-16-11(19-9)20-5-7-6(12)3-4-8(13)14-7/h3-4H,2,5H2,1H3. The Kier molecular flexibility index (Phi) is 5.22. The van der Waals surface area contributed by atoms with E-state index in [9.17, 15) is 4.79 Å². The molecule has 2 aromatic rings. The Balaban J connectivity index is 2.01. The van der Waals surface area contributed by atoms with Crippen molar-refractivity contribution in [3.63, 3.8) is 0 Å². The molecule has 0 bridgehead atoms.